The highest BCUT2D eigenvalue weighted by molar-refractivity contribution is 6.30. The van der Waals surface area contributed by atoms with Crippen molar-refractivity contribution in [3.63, 3.8) is 0 Å². The topological polar surface area (TPSA) is 45.1 Å². The van der Waals surface area contributed by atoms with E-state index in [1.165, 1.54) is 5.56 Å². The Bertz CT molecular complexity index is 382. The van der Waals surface area contributed by atoms with E-state index in [4.69, 9.17) is 11.6 Å². The average molecular weight is 211 g/mol. The van der Waals surface area contributed by atoms with E-state index in [0.29, 0.717) is 5.02 Å². The Hall–Kier alpha value is -0.800. The molecule has 0 aromatic carbocycles. The molecule has 1 saturated carbocycles. The van der Waals surface area contributed by atoms with E-state index >= 15 is 0 Å². The van der Waals surface area contributed by atoms with E-state index in [1.54, 1.807) is 6.20 Å². The van der Waals surface area contributed by atoms with Gasteiger partial charge in [0, 0.05) is 23.7 Å². The highest BCUT2D eigenvalue weighted by Gasteiger charge is 2.49. The van der Waals surface area contributed by atoms with Crippen LogP contribution >= 0.6 is 11.6 Å². The molecule has 1 aliphatic carbocycles. The van der Waals surface area contributed by atoms with E-state index in [0.717, 1.165) is 25.2 Å². The third-order valence-electron chi connectivity index (χ3n) is 3.27. The van der Waals surface area contributed by atoms with Crippen LogP contribution in [0, 0.1) is 0 Å². The van der Waals surface area contributed by atoms with E-state index < -0.39 is 0 Å². The number of nitrogens with one attached hydrogen (secondary N) is 1. The van der Waals surface area contributed by atoms with Crippen molar-refractivity contribution in [2.75, 3.05) is 11.9 Å². The largest absolute Gasteiger partial charge is 0.393 e. The van der Waals surface area contributed by atoms with Crippen LogP contribution in [0.1, 0.15) is 18.4 Å². The first kappa shape index (κ1) is 8.50. The van der Waals surface area contributed by atoms with Crippen LogP contribution in [0.2, 0.25) is 5.02 Å². The highest BCUT2D eigenvalue weighted by Crippen LogP contribution is 2.49. The van der Waals surface area contributed by atoms with Crippen LogP contribution in [0.25, 0.3) is 0 Å². The second-order valence-electron chi connectivity index (χ2n) is 4.25. The average Bonchev–Trinajstić information content (AvgIpc) is 2.44. The quantitative estimate of drug-likeness (QED) is 0.683. The van der Waals surface area contributed by atoms with Crippen LogP contribution in [0.5, 0.6) is 0 Å². The number of nitrogens with zero attached hydrogens (tertiary/aromatic N) is 1. The Kier molecular flexibility index (Phi) is 1.59. The molecular formula is C10H11ClN2O. The van der Waals surface area contributed by atoms with Crippen LogP contribution < -0.4 is 5.32 Å². The molecule has 0 amide bonds. The summed E-state index contributed by atoms with van der Waals surface area (Å²) >= 11 is 5.92. The molecule has 3 nitrogen and oxygen atoms in total. The second-order valence-corrected chi connectivity index (χ2v) is 4.68. The summed E-state index contributed by atoms with van der Waals surface area (Å²) in [6.45, 7) is 0.882. The molecule has 1 aliphatic heterocycles. The molecule has 4 heteroatoms. The van der Waals surface area contributed by atoms with Gasteiger partial charge < -0.3 is 10.4 Å². The molecule has 2 aliphatic rings. The summed E-state index contributed by atoms with van der Waals surface area (Å²) in [5.41, 5.74) is 1.28. The van der Waals surface area contributed by atoms with Gasteiger partial charge in [0.05, 0.1) is 11.1 Å². The van der Waals surface area contributed by atoms with Crippen molar-refractivity contribution in [3.8, 4) is 0 Å². The summed E-state index contributed by atoms with van der Waals surface area (Å²) in [6, 6.07) is 1.97. The van der Waals surface area contributed by atoms with E-state index in [9.17, 15) is 5.11 Å². The number of rotatable bonds is 0. The van der Waals surface area contributed by atoms with Crippen molar-refractivity contribution in [1.82, 2.24) is 4.98 Å². The molecule has 0 radical (unpaired) electrons. The molecule has 0 saturated heterocycles. The van der Waals surface area contributed by atoms with Crippen LogP contribution in [-0.4, -0.2) is 22.7 Å². The van der Waals surface area contributed by atoms with Gasteiger partial charge in [0.1, 0.15) is 5.82 Å². The zero-order valence-electron chi connectivity index (χ0n) is 7.63. The normalized spacial score (nSPS) is 33.7. The number of pyridine rings is 1. The lowest BCUT2D eigenvalue weighted by Crippen LogP contribution is -2.46. The number of hydrogen-bond acceptors (Lipinski definition) is 3. The molecule has 3 rings (SSSR count). The Balaban J connectivity index is 2.05. The van der Waals surface area contributed by atoms with Crippen LogP contribution in [-0.2, 0) is 5.41 Å². The molecule has 74 valence electrons. The molecule has 0 bridgehead atoms. The van der Waals surface area contributed by atoms with Gasteiger partial charge in [-0.2, -0.15) is 0 Å². The number of halogens is 1. The highest BCUT2D eigenvalue weighted by atomic mass is 35.5. The Morgan fingerprint density at radius 3 is 3.07 bits per heavy atom. The lowest BCUT2D eigenvalue weighted by Gasteiger charge is -2.42. The van der Waals surface area contributed by atoms with Gasteiger partial charge in [-0.05, 0) is 18.9 Å². The molecule has 0 unspecified atom stereocenters. The van der Waals surface area contributed by atoms with Gasteiger partial charge >= 0.3 is 0 Å². The predicted octanol–water partition coefficient (Wildman–Crippen LogP) is 1.55. The molecule has 1 aromatic heterocycles. The summed E-state index contributed by atoms with van der Waals surface area (Å²) in [5.74, 6) is 0.932. The maximum absolute atomic E-state index is 9.39. The zero-order valence-corrected chi connectivity index (χ0v) is 8.38. The van der Waals surface area contributed by atoms with Crippen molar-refractivity contribution in [2.45, 2.75) is 24.4 Å². The van der Waals surface area contributed by atoms with E-state index in [-0.39, 0.29) is 11.5 Å². The number of anilines is 1. The minimum atomic E-state index is -0.151. The Morgan fingerprint density at radius 2 is 2.36 bits per heavy atom. The van der Waals surface area contributed by atoms with Crippen molar-refractivity contribution in [1.29, 1.82) is 0 Å². The molecular weight excluding hydrogens is 200 g/mol. The van der Waals surface area contributed by atoms with Crippen LogP contribution in [0.4, 0.5) is 5.82 Å². The van der Waals surface area contributed by atoms with Gasteiger partial charge in [-0.25, -0.2) is 4.98 Å². The smallest absolute Gasteiger partial charge is 0.129 e. The molecule has 2 heterocycles. The lowest BCUT2D eigenvalue weighted by atomic mass is 9.64. The predicted molar refractivity (Wildman–Crippen MR) is 54.7 cm³/mol. The van der Waals surface area contributed by atoms with E-state index in [1.807, 2.05) is 6.07 Å². The number of hydrogen-bond donors (Lipinski definition) is 2. The summed E-state index contributed by atoms with van der Waals surface area (Å²) in [5, 5.41) is 13.3. The summed E-state index contributed by atoms with van der Waals surface area (Å²) in [6.07, 6.45) is 3.16. The summed E-state index contributed by atoms with van der Waals surface area (Å²) in [4.78, 5) is 4.24. The molecule has 1 aromatic rings. The van der Waals surface area contributed by atoms with Crippen molar-refractivity contribution < 1.29 is 5.11 Å². The molecule has 14 heavy (non-hydrogen) atoms. The minimum Gasteiger partial charge on any atom is -0.393 e. The molecule has 1 spiro atoms. The molecule has 1 fully saturated rings. The van der Waals surface area contributed by atoms with E-state index in [2.05, 4.69) is 10.3 Å². The Labute approximate surface area is 87.1 Å². The van der Waals surface area contributed by atoms with Gasteiger partial charge in [0.15, 0.2) is 0 Å². The maximum atomic E-state index is 9.39. The minimum absolute atomic E-state index is 0.104. The fourth-order valence-electron chi connectivity index (χ4n) is 2.54. The first-order valence-electron chi connectivity index (χ1n) is 4.78. The monoisotopic (exact) mass is 210 g/mol. The number of aromatic nitrogens is 1. The van der Waals surface area contributed by atoms with Gasteiger partial charge in [-0.1, -0.05) is 11.6 Å². The second kappa shape index (κ2) is 2.61. The zero-order chi connectivity index (χ0) is 9.76. The SMILES string of the molecule is OC1CC2(CNc3ncc(Cl)cc32)C1. The fraction of sp³-hybridized carbons (Fsp3) is 0.500. The number of aliphatic hydroxyl groups excluding tert-OH is 1. The Morgan fingerprint density at radius 1 is 1.57 bits per heavy atom. The molecule has 2 N–H and O–H groups in total. The van der Waals surface area contributed by atoms with Crippen LogP contribution in [0.3, 0.4) is 0 Å². The first-order chi connectivity index (χ1) is 6.70. The standard InChI is InChI=1S/C10H11ClN2O/c11-6-1-8-9(12-4-6)13-5-10(8)2-7(14)3-10/h1,4,7,14H,2-3,5H2,(H,12,13). The van der Waals surface area contributed by atoms with Gasteiger partial charge in [-0.15, -0.1) is 0 Å². The lowest BCUT2D eigenvalue weighted by molar-refractivity contribution is 0.0277. The molecule has 0 atom stereocenters. The third kappa shape index (κ3) is 0.996. The number of fused-ring (bicyclic) bond motifs is 2. The van der Waals surface area contributed by atoms with Gasteiger partial charge in [-0.3, -0.25) is 0 Å². The van der Waals surface area contributed by atoms with Crippen molar-refractivity contribution >= 4 is 17.4 Å². The fourth-order valence-corrected chi connectivity index (χ4v) is 2.70. The van der Waals surface area contributed by atoms with Crippen LogP contribution in [0.15, 0.2) is 12.3 Å². The first-order valence-corrected chi connectivity index (χ1v) is 5.15. The van der Waals surface area contributed by atoms with Gasteiger partial charge in [0.25, 0.3) is 0 Å². The maximum Gasteiger partial charge on any atom is 0.129 e. The van der Waals surface area contributed by atoms with Gasteiger partial charge in [0.2, 0.25) is 0 Å². The number of aliphatic hydroxyl groups is 1. The third-order valence-corrected chi connectivity index (χ3v) is 3.48. The van der Waals surface area contributed by atoms with Crippen molar-refractivity contribution in [3.05, 3.63) is 22.8 Å². The summed E-state index contributed by atoms with van der Waals surface area (Å²) in [7, 11) is 0. The summed E-state index contributed by atoms with van der Waals surface area (Å²) < 4.78 is 0. The van der Waals surface area contributed by atoms with Crippen molar-refractivity contribution in [2.24, 2.45) is 0 Å².